The van der Waals surface area contributed by atoms with Gasteiger partial charge in [-0.15, -0.1) is 0 Å². The molecule has 2 aromatic rings. The van der Waals surface area contributed by atoms with Crippen LogP contribution in [0.2, 0.25) is 0 Å². The molecular weight excluding hydrogens is 328 g/mol. The molecule has 0 heterocycles. The zero-order valence-electron chi connectivity index (χ0n) is 16.4. The minimum Gasteiger partial charge on any atom is -0.478 e. The molecule has 0 aromatic heterocycles. The highest BCUT2D eigenvalue weighted by atomic mass is 16.5. The maximum atomic E-state index is 13.0. The topological polar surface area (TPSA) is 63.6 Å². The molecule has 0 aliphatic carbocycles. The summed E-state index contributed by atoms with van der Waals surface area (Å²) in [6, 6.07) is 10.2. The molecule has 2 rings (SSSR count). The van der Waals surface area contributed by atoms with E-state index in [4.69, 9.17) is 9.84 Å². The summed E-state index contributed by atoms with van der Waals surface area (Å²) < 4.78 is 5.74. The molecule has 0 fully saturated rings. The van der Waals surface area contributed by atoms with Crippen molar-refractivity contribution in [2.45, 2.75) is 48.0 Å². The zero-order chi connectivity index (χ0) is 19.7. The number of hydrogen-bond acceptors (Lipinski definition) is 3. The Bertz CT molecular complexity index is 830. The van der Waals surface area contributed by atoms with Gasteiger partial charge in [0, 0.05) is 0 Å². The van der Waals surface area contributed by atoms with Crippen LogP contribution < -0.4 is 4.74 Å². The van der Waals surface area contributed by atoms with Gasteiger partial charge in [0.2, 0.25) is 0 Å². The van der Waals surface area contributed by atoms with Crippen molar-refractivity contribution in [3.63, 3.8) is 0 Å². The molecule has 0 saturated carbocycles. The van der Waals surface area contributed by atoms with Crippen LogP contribution in [0.15, 0.2) is 36.4 Å². The normalized spacial score (nSPS) is 14.3. The number of carboxylic acid groups (broad SMARTS) is 1. The summed E-state index contributed by atoms with van der Waals surface area (Å²) in [5.74, 6) is -0.347. The second-order valence-corrected chi connectivity index (χ2v) is 8.60. The van der Waals surface area contributed by atoms with E-state index in [1.807, 2.05) is 6.92 Å². The molecule has 140 valence electrons. The summed E-state index contributed by atoms with van der Waals surface area (Å²) in [6.45, 7) is 12.4. The average molecular weight is 356 g/mol. The standard InChI is InChI=1S/C22H28O4/c1-14(2)13-22(6,21(3,4)5)20(25)26-18-10-9-15-11-17(19(23)24)8-7-16(15)12-18/h7-12,14H,13H2,1-6H3,(H,23,24). The lowest BCUT2D eigenvalue weighted by Crippen LogP contribution is -2.44. The highest BCUT2D eigenvalue weighted by Crippen LogP contribution is 2.44. The van der Waals surface area contributed by atoms with Crippen molar-refractivity contribution in [1.82, 2.24) is 0 Å². The third kappa shape index (κ3) is 4.06. The van der Waals surface area contributed by atoms with Crippen LogP contribution in [0.4, 0.5) is 0 Å². The van der Waals surface area contributed by atoms with Crippen LogP contribution in [-0.2, 0) is 4.79 Å². The van der Waals surface area contributed by atoms with Crippen LogP contribution in [0, 0.1) is 16.7 Å². The first kappa shape index (κ1) is 20.0. The van der Waals surface area contributed by atoms with Crippen LogP contribution in [0.3, 0.4) is 0 Å². The molecule has 0 spiro atoms. The Hall–Kier alpha value is -2.36. The van der Waals surface area contributed by atoms with Gasteiger partial charge in [-0.2, -0.15) is 0 Å². The van der Waals surface area contributed by atoms with Gasteiger partial charge in [0.25, 0.3) is 0 Å². The number of hydrogen-bond donors (Lipinski definition) is 1. The lowest BCUT2D eigenvalue weighted by molar-refractivity contribution is -0.153. The van der Waals surface area contributed by atoms with E-state index in [-0.39, 0.29) is 16.9 Å². The summed E-state index contributed by atoms with van der Waals surface area (Å²) in [6.07, 6.45) is 0.741. The second kappa shape index (κ2) is 7.10. The molecule has 0 bridgehead atoms. The lowest BCUT2D eigenvalue weighted by Gasteiger charge is -2.40. The first-order chi connectivity index (χ1) is 11.9. The highest BCUT2D eigenvalue weighted by molar-refractivity contribution is 5.95. The maximum Gasteiger partial charge on any atom is 0.335 e. The van der Waals surface area contributed by atoms with Crippen molar-refractivity contribution >= 4 is 22.7 Å². The highest BCUT2D eigenvalue weighted by Gasteiger charge is 2.46. The van der Waals surface area contributed by atoms with Crippen molar-refractivity contribution in [2.24, 2.45) is 16.7 Å². The van der Waals surface area contributed by atoms with Gasteiger partial charge < -0.3 is 9.84 Å². The van der Waals surface area contributed by atoms with E-state index in [2.05, 4.69) is 34.6 Å². The van der Waals surface area contributed by atoms with Crippen LogP contribution >= 0.6 is 0 Å². The van der Waals surface area contributed by atoms with E-state index in [9.17, 15) is 9.59 Å². The number of carboxylic acids is 1. The van der Waals surface area contributed by atoms with Gasteiger partial charge in [0.15, 0.2) is 0 Å². The molecule has 0 aliphatic heterocycles. The molecule has 0 aliphatic rings. The molecule has 1 atom stereocenters. The van der Waals surface area contributed by atoms with Crippen molar-refractivity contribution < 1.29 is 19.4 Å². The Morgan fingerprint density at radius 1 is 1.00 bits per heavy atom. The number of carbonyl (C=O) groups is 2. The fourth-order valence-corrected chi connectivity index (χ4v) is 3.15. The lowest BCUT2D eigenvalue weighted by atomic mass is 9.64. The molecule has 26 heavy (non-hydrogen) atoms. The fraction of sp³-hybridized carbons (Fsp3) is 0.455. The van der Waals surface area contributed by atoms with Crippen molar-refractivity contribution in [3.05, 3.63) is 42.0 Å². The minimum atomic E-state index is -0.961. The van der Waals surface area contributed by atoms with E-state index in [1.54, 1.807) is 36.4 Å². The van der Waals surface area contributed by atoms with Gasteiger partial charge in [-0.1, -0.05) is 46.8 Å². The largest absolute Gasteiger partial charge is 0.478 e. The third-order valence-corrected chi connectivity index (χ3v) is 5.19. The SMILES string of the molecule is CC(C)CC(C)(C(=O)Oc1ccc2cc(C(=O)O)ccc2c1)C(C)(C)C. The molecular formula is C22H28O4. The zero-order valence-corrected chi connectivity index (χ0v) is 16.4. The van der Waals surface area contributed by atoms with E-state index in [0.717, 1.165) is 17.2 Å². The van der Waals surface area contributed by atoms with Gasteiger partial charge in [-0.3, -0.25) is 4.79 Å². The van der Waals surface area contributed by atoms with Gasteiger partial charge >= 0.3 is 11.9 Å². The number of carbonyl (C=O) groups excluding carboxylic acids is 1. The van der Waals surface area contributed by atoms with E-state index in [0.29, 0.717) is 11.7 Å². The number of benzene rings is 2. The van der Waals surface area contributed by atoms with Crippen LogP contribution in [0.1, 0.15) is 58.3 Å². The van der Waals surface area contributed by atoms with E-state index >= 15 is 0 Å². The van der Waals surface area contributed by atoms with Gasteiger partial charge in [0.1, 0.15) is 5.75 Å². The van der Waals surface area contributed by atoms with E-state index in [1.165, 1.54) is 0 Å². The van der Waals surface area contributed by atoms with Crippen LogP contribution in [0.25, 0.3) is 10.8 Å². The summed E-state index contributed by atoms with van der Waals surface area (Å²) >= 11 is 0. The number of fused-ring (bicyclic) bond motifs is 1. The first-order valence-electron chi connectivity index (χ1n) is 8.93. The van der Waals surface area contributed by atoms with Gasteiger partial charge in [-0.05, 0) is 59.7 Å². The average Bonchev–Trinajstić information content (AvgIpc) is 2.52. The number of rotatable bonds is 5. The molecule has 0 radical (unpaired) electrons. The van der Waals surface area contributed by atoms with Gasteiger partial charge in [0.05, 0.1) is 11.0 Å². The van der Waals surface area contributed by atoms with Crippen molar-refractivity contribution in [1.29, 1.82) is 0 Å². The first-order valence-corrected chi connectivity index (χ1v) is 8.93. The van der Waals surface area contributed by atoms with Crippen molar-refractivity contribution in [2.75, 3.05) is 0 Å². The van der Waals surface area contributed by atoms with Crippen LogP contribution in [0.5, 0.6) is 5.75 Å². The molecule has 2 aromatic carbocycles. The van der Waals surface area contributed by atoms with Crippen molar-refractivity contribution in [3.8, 4) is 5.75 Å². The summed E-state index contributed by atoms with van der Waals surface area (Å²) in [7, 11) is 0. The molecule has 1 unspecified atom stereocenters. The molecule has 0 saturated heterocycles. The van der Waals surface area contributed by atoms with Crippen LogP contribution in [-0.4, -0.2) is 17.0 Å². The van der Waals surface area contributed by atoms with Gasteiger partial charge in [-0.25, -0.2) is 4.79 Å². The Balaban J connectivity index is 2.32. The molecule has 4 heteroatoms. The monoisotopic (exact) mass is 356 g/mol. The smallest absolute Gasteiger partial charge is 0.335 e. The third-order valence-electron chi connectivity index (χ3n) is 5.19. The second-order valence-electron chi connectivity index (χ2n) is 8.60. The summed E-state index contributed by atoms with van der Waals surface area (Å²) in [5.41, 5.74) is -0.607. The fourth-order valence-electron chi connectivity index (χ4n) is 3.15. The Morgan fingerprint density at radius 2 is 1.58 bits per heavy atom. The molecule has 0 amide bonds. The van der Waals surface area contributed by atoms with E-state index < -0.39 is 11.4 Å². The number of ether oxygens (including phenoxy) is 1. The Labute approximate surface area is 155 Å². The maximum absolute atomic E-state index is 13.0. The summed E-state index contributed by atoms with van der Waals surface area (Å²) in [5, 5.41) is 10.7. The number of aromatic carboxylic acids is 1. The summed E-state index contributed by atoms with van der Waals surface area (Å²) in [4.78, 5) is 24.1. The predicted molar refractivity (Wildman–Crippen MR) is 104 cm³/mol. The Morgan fingerprint density at radius 3 is 2.12 bits per heavy atom. The number of esters is 1. The predicted octanol–water partition coefficient (Wildman–Crippen LogP) is 5.54. The minimum absolute atomic E-state index is 0.235. The molecule has 4 nitrogen and oxygen atoms in total. The quantitative estimate of drug-likeness (QED) is 0.564. The molecule has 1 N–H and O–H groups in total. The Kier molecular flexibility index (Phi) is 5.45.